The molecule has 2 heterocycles. The second-order valence-electron chi connectivity index (χ2n) is 5.43. The molecule has 2 saturated heterocycles. The van der Waals surface area contributed by atoms with Crippen LogP contribution in [0.4, 0.5) is 13.2 Å². The Morgan fingerprint density at radius 1 is 1.06 bits per heavy atom. The van der Waals surface area contributed by atoms with Crippen molar-refractivity contribution in [2.45, 2.75) is 31.9 Å². The highest BCUT2D eigenvalue weighted by Gasteiger charge is 2.35. The van der Waals surface area contributed by atoms with E-state index in [9.17, 15) is 13.2 Å². The van der Waals surface area contributed by atoms with E-state index in [2.05, 4.69) is 10.2 Å². The maximum atomic E-state index is 12.3. The van der Waals surface area contributed by atoms with Crippen molar-refractivity contribution in [1.29, 1.82) is 0 Å². The molecule has 1 unspecified atom stereocenters. The van der Waals surface area contributed by atoms with Gasteiger partial charge < -0.3 is 10.2 Å². The molecule has 2 nitrogen and oxygen atoms in total. The Labute approximate surface area is 113 Å². The molecule has 0 radical (unpaired) electrons. The van der Waals surface area contributed by atoms with Crippen LogP contribution in [0.25, 0.3) is 0 Å². The first kappa shape index (κ1) is 16.1. The van der Waals surface area contributed by atoms with Crippen molar-refractivity contribution in [3.05, 3.63) is 0 Å². The Morgan fingerprint density at radius 3 is 2.33 bits per heavy atom. The fourth-order valence-corrected chi connectivity index (χ4v) is 3.00. The maximum Gasteiger partial charge on any atom is 0.389 e. The lowest BCUT2D eigenvalue weighted by Crippen LogP contribution is -2.35. The fraction of sp³-hybridized carbons (Fsp3) is 1.00. The lowest BCUT2D eigenvalue weighted by Gasteiger charge is -2.27. The van der Waals surface area contributed by atoms with Gasteiger partial charge in [0.2, 0.25) is 0 Å². The van der Waals surface area contributed by atoms with Gasteiger partial charge in [-0.25, -0.2) is 0 Å². The van der Waals surface area contributed by atoms with Crippen LogP contribution < -0.4 is 5.32 Å². The lowest BCUT2D eigenvalue weighted by molar-refractivity contribution is -0.143. The number of halogens is 4. The Morgan fingerprint density at radius 2 is 1.72 bits per heavy atom. The van der Waals surface area contributed by atoms with Crippen LogP contribution in [0.15, 0.2) is 0 Å². The van der Waals surface area contributed by atoms with Gasteiger partial charge in [0.25, 0.3) is 0 Å². The smallest absolute Gasteiger partial charge is 0.317 e. The molecule has 2 aliphatic rings. The van der Waals surface area contributed by atoms with Gasteiger partial charge in [-0.2, -0.15) is 13.2 Å². The minimum Gasteiger partial charge on any atom is -0.317 e. The molecule has 0 spiro atoms. The molecular formula is C12H22ClF3N2. The van der Waals surface area contributed by atoms with E-state index in [1.807, 2.05) is 0 Å². The van der Waals surface area contributed by atoms with Crippen LogP contribution in [0, 0.1) is 11.8 Å². The van der Waals surface area contributed by atoms with Crippen molar-refractivity contribution in [2.75, 3.05) is 32.7 Å². The number of hydrogen-bond donors (Lipinski definition) is 1. The highest BCUT2D eigenvalue weighted by molar-refractivity contribution is 5.85. The van der Waals surface area contributed by atoms with Crippen molar-refractivity contribution in [2.24, 2.45) is 11.8 Å². The van der Waals surface area contributed by atoms with Gasteiger partial charge in [0.05, 0.1) is 0 Å². The molecule has 1 atom stereocenters. The molecule has 0 saturated carbocycles. The fourth-order valence-electron chi connectivity index (χ4n) is 3.00. The Kier molecular flexibility index (Phi) is 6.21. The largest absolute Gasteiger partial charge is 0.389 e. The van der Waals surface area contributed by atoms with Crippen LogP contribution >= 0.6 is 12.4 Å². The summed E-state index contributed by atoms with van der Waals surface area (Å²) in [5.41, 5.74) is 0. The second kappa shape index (κ2) is 6.96. The SMILES string of the molecule is Cl.FC(F)(F)CC1CCN(CC2CCNCC2)C1. The quantitative estimate of drug-likeness (QED) is 0.858. The van der Waals surface area contributed by atoms with Crippen LogP contribution in [0.5, 0.6) is 0 Å². The highest BCUT2D eigenvalue weighted by atomic mass is 35.5. The van der Waals surface area contributed by atoms with E-state index < -0.39 is 12.6 Å². The van der Waals surface area contributed by atoms with E-state index >= 15 is 0 Å². The molecule has 1 N–H and O–H groups in total. The number of piperidine rings is 1. The number of nitrogens with one attached hydrogen (secondary N) is 1. The van der Waals surface area contributed by atoms with Gasteiger partial charge in [-0.15, -0.1) is 12.4 Å². The molecule has 0 amide bonds. The van der Waals surface area contributed by atoms with Crippen molar-refractivity contribution >= 4 is 12.4 Å². The average molecular weight is 287 g/mol. The monoisotopic (exact) mass is 286 g/mol. The van der Waals surface area contributed by atoms with E-state index in [-0.39, 0.29) is 18.3 Å². The molecular weight excluding hydrogens is 265 g/mol. The van der Waals surface area contributed by atoms with Crippen LogP contribution in [0.1, 0.15) is 25.7 Å². The number of rotatable bonds is 3. The van der Waals surface area contributed by atoms with Gasteiger partial charge in [-0.1, -0.05) is 0 Å². The summed E-state index contributed by atoms with van der Waals surface area (Å²) in [5, 5.41) is 3.31. The predicted molar refractivity (Wildman–Crippen MR) is 68.1 cm³/mol. The molecule has 0 aromatic heterocycles. The standard InChI is InChI=1S/C12H21F3N2.ClH/c13-12(14,15)7-11-3-6-17(9-11)8-10-1-4-16-5-2-10;/h10-11,16H,1-9H2;1H. The molecule has 108 valence electrons. The normalized spacial score (nSPS) is 27.2. The third-order valence-corrected chi connectivity index (χ3v) is 3.87. The maximum absolute atomic E-state index is 12.3. The summed E-state index contributed by atoms with van der Waals surface area (Å²) < 4.78 is 36.8. The minimum atomic E-state index is -3.99. The van der Waals surface area contributed by atoms with Crippen LogP contribution in [-0.4, -0.2) is 43.8 Å². The van der Waals surface area contributed by atoms with Gasteiger partial charge >= 0.3 is 6.18 Å². The minimum absolute atomic E-state index is 0. The van der Waals surface area contributed by atoms with Gasteiger partial charge in [0.1, 0.15) is 0 Å². The third kappa shape index (κ3) is 5.33. The number of nitrogens with zero attached hydrogens (tertiary/aromatic N) is 1. The Balaban J connectivity index is 0.00000162. The molecule has 0 aliphatic carbocycles. The van der Waals surface area contributed by atoms with Crippen molar-refractivity contribution < 1.29 is 13.2 Å². The number of alkyl halides is 3. The number of likely N-dealkylation sites (tertiary alicyclic amines) is 1. The molecule has 0 aromatic rings. The van der Waals surface area contributed by atoms with E-state index in [0.717, 1.165) is 26.2 Å². The molecule has 18 heavy (non-hydrogen) atoms. The topological polar surface area (TPSA) is 15.3 Å². The first-order valence-electron chi connectivity index (χ1n) is 6.53. The van der Waals surface area contributed by atoms with E-state index in [0.29, 0.717) is 18.9 Å². The van der Waals surface area contributed by atoms with Crippen molar-refractivity contribution in [3.63, 3.8) is 0 Å². The van der Waals surface area contributed by atoms with E-state index in [1.54, 1.807) is 0 Å². The van der Waals surface area contributed by atoms with Crippen molar-refractivity contribution in [3.8, 4) is 0 Å². The molecule has 2 aliphatic heterocycles. The zero-order valence-corrected chi connectivity index (χ0v) is 11.3. The Bertz CT molecular complexity index is 242. The molecule has 0 aromatic carbocycles. The third-order valence-electron chi connectivity index (χ3n) is 3.87. The van der Waals surface area contributed by atoms with Gasteiger partial charge in [-0.3, -0.25) is 0 Å². The summed E-state index contributed by atoms with van der Waals surface area (Å²) in [6.45, 7) is 4.61. The first-order chi connectivity index (χ1) is 8.03. The molecule has 2 fully saturated rings. The summed E-state index contributed by atoms with van der Waals surface area (Å²) in [6, 6.07) is 0. The predicted octanol–water partition coefficient (Wildman–Crippen LogP) is 2.68. The first-order valence-corrected chi connectivity index (χ1v) is 6.53. The van der Waals surface area contributed by atoms with Gasteiger partial charge in [0.15, 0.2) is 0 Å². The zero-order chi connectivity index (χ0) is 12.3. The Hall–Kier alpha value is -0.0000000000000000416. The zero-order valence-electron chi connectivity index (χ0n) is 10.5. The average Bonchev–Trinajstić information content (AvgIpc) is 2.64. The van der Waals surface area contributed by atoms with Gasteiger partial charge in [-0.05, 0) is 50.7 Å². The van der Waals surface area contributed by atoms with Crippen LogP contribution in [0.3, 0.4) is 0 Å². The van der Waals surface area contributed by atoms with Crippen LogP contribution in [-0.2, 0) is 0 Å². The molecule has 6 heteroatoms. The summed E-state index contributed by atoms with van der Waals surface area (Å²) in [6.07, 6.45) is -1.55. The summed E-state index contributed by atoms with van der Waals surface area (Å²) >= 11 is 0. The lowest BCUT2D eigenvalue weighted by atomic mass is 9.97. The molecule has 0 bridgehead atoms. The summed E-state index contributed by atoms with van der Waals surface area (Å²) in [7, 11) is 0. The van der Waals surface area contributed by atoms with Gasteiger partial charge in [0, 0.05) is 19.5 Å². The van der Waals surface area contributed by atoms with Crippen molar-refractivity contribution in [1.82, 2.24) is 10.2 Å². The summed E-state index contributed by atoms with van der Waals surface area (Å²) in [5.74, 6) is 0.512. The molecule has 2 rings (SSSR count). The summed E-state index contributed by atoms with van der Waals surface area (Å²) in [4.78, 5) is 2.23. The van der Waals surface area contributed by atoms with E-state index in [4.69, 9.17) is 0 Å². The second-order valence-corrected chi connectivity index (χ2v) is 5.43. The van der Waals surface area contributed by atoms with Crippen LogP contribution in [0.2, 0.25) is 0 Å². The number of hydrogen-bond acceptors (Lipinski definition) is 2. The van der Waals surface area contributed by atoms with E-state index in [1.165, 1.54) is 12.8 Å². The highest BCUT2D eigenvalue weighted by Crippen LogP contribution is 2.31.